The Balaban J connectivity index is 2.09. The van der Waals surface area contributed by atoms with Gasteiger partial charge in [0.25, 0.3) is 0 Å². The second kappa shape index (κ2) is 6.34. The Kier molecular flexibility index (Phi) is 4.53. The highest BCUT2D eigenvalue weighted by Crippen LogP contribution is 2.23. The van der Waals surface area contributed by atoms with Gasteiger partial charge in [-0.15, -0.1) is 0 Å². The molecule has 0 radical (unpaired) electrons. The number of halogens is 1. The second-order valence-corrected chi connectivity index (χ2v) is 4.65. The van der Waals surface area contributed by atoms with Crippen LogP contribution in [0, 0.1) is 12.7 Å². The lowest BCUT2D eigenvalue weighted by atomic mass is 10.2. The molecule has 0 heterocycles. The lowest BCUT2D eigenvalue weighted by molar-refractivity contribution is 0.417. The van der Waals surface area contributed by atoms with E-state index in [2.05, 4.69) is 10.6 Å². The van der Waals surface area contributed by atoms with Crippen LogP contribution in [0.5, 0.6) is 5.75 Å². The van der Waals surface area contributed by atoms with Crippen molar-refractivity contribution in [3.8, 4) is 5.75 Å². The van der Waals surface area contributed by atoms with Gasteiger partial charge in [-0.3, -0.25) is 0 Å². The van der Waals surface area contributed by atoms with Gasteiger partial charge in [0, 0.05) is 5.69 Å². The number of rotatable bonds is 3. The zero-order chi connectivity index (χ0) is 14.5. The van der Waals surface area contributed by atoms with Gasteiger partial charge in [0.05, 0.1) is 12.8 Å². The van der Waals surface area contributed by atoms with E-state index in [9.17, 15) is 4.39 Å². The van der Waals surface area contributed by atoms with Crippen LogP contribution in [0.1, 0.15) is 5.56 Å². The highest BCUT2D eigenvalue weighted by atomic mass is 32.1. The fraction of sp³-hybridized carbons (Fsp3) is 0.133. The molecule has 2 rings (SSSR count). The number of nitrogens with one attached hydrogen (secondary N) is 2. The van der Waals surface area contributed by atoms with Crippen molar-refractivity contribution in [2.75, 3.05) is 17.7 Å². The van der Waals surface area contributed by atoms with Gasteiger partial charge < -0.3 is 15.4 Å². The molecule has 0 saturated carbocycles. The minimum absolute atomic E-state index is 0.267. The Bertz CT molecular complexity index is 631. The van der Waals surface area contributed by atoms with Gasteiger partial charge in [-0.1, -0.05) is 12.1 Å². The van der Waals surface area contributed by atoms with Crippen LogP contribution >= 0.6 is 12.2 Å². The predicted molar refractivity (Wildman–Crippen MR) is 84.0 cm³/mol. The average Bonchev–Trinajstić information content (AvgIpc) is 2.42. The van der Waals surface area contributed by atoms with Crippen molar-refractivity contribution in [3.63, 3.8) is 0 Å². The first kappa shape index (κ1) is 14.3. The highest BCUT2D eigenvalue weighted by Gasteiger charge is 2.06. The molecule has 2 aromatic rings. The van der Waals surface area contributed by atoms with Crippen LogP contribution in [0.2, 0.25) is 0 Å². The molecule has 0 unspecified atom stereocenters. The molecule has 0 aliphatic carbocycles. The number of hydrogen-bond acceptors (Lipinski definition) is 2. The van der Waals surface area contributed by atoms with Gasteiger partial charge in [-0.2, -0.15) is 0 Å². The average molecular weight is 290 g/mol. The van der Waals surface area contributed by atoms with Crippen molar-refractivity contribution in [1.29, 1.82) is 0 Å². The first-order chi connectivity index (χ1) is 9.60. The highest BCUT2D eigenvalue weighted by molar-refractivity contribution is 7.80. The maximum atomic E-state index is 13.0. The van der Waals surface area contributed by atoms with Gasteiger partial charge in [0.2, 0.25) is 0 Å². The summed E-state index contributed by atoms with van der Waals surface area (Å²) in [7, 11) is 1.60. The quantitative estimate of drug-likeness (QED) is 0.839. The first-order valence-electron chi connectivity index (χ1n) is 6.07. The largest absolute Gasteiger partial charge is 0.495 e. The number of methoxy groups -OCH3 is 1. The van der Waals surface area contributed by atoms with E-state index in [0.717, 1.165) is 16.9 Å². The molecule has 3 nitrogen and oxygen atoms in total. The minimum atomic E-state index is -0.267. The maximum Gasteiger partial charge on any atom is 0.175 e. The molecule has 0 saturated heterocycles. The zero-order valence-electron chi connectivity index (χ0n) is 11.2. The molecule has 0 aliphatic rings. The number of benzene rings is 2. The molecule has 5 heteroatoms. The molecule has 0 amide bonds. The molecule has 0 aromatic heterocycles. The molecule has 2 aromatic carbocycles. The van der Waals surface area contributed by atoms with E-state index in [1.54, 1.807) is 13.2 Å². The SMILES string of the molecule is COc1ccccc1NC(=S)Nc1ccc(F)cc1C. The Morgan fingerprint density at radius 1 is 1.10 bits per heavy atom. The summed E-state index contributed by atoms with van der Waals surface area (Å²) in [5.74, 6) is 0.434. The Morgan fingerprint density at radius 3 is 2.50 bits per heavy atom. The summed E-state index contributed by atoms with van der Waals surface area (Å²) >= 11 is 5.25. The van der Waals surface area contributed by atoms with Gasteiger partial charge in [-0.05, 0) is 55.0 Å². The first-order valence-corrected chi connectivity index (χ1v) is 6.48. The van der Waals surface area contributed by atoms with Crippen LogP contribution in [0.15, 0.2) is 42.5 Å². The lowest BCUT2D eigenvalue weighted by Crippen LogP contribution is -2.20. The third kappa shape index (κ3) is 3.45. The Labute approximate surface area is 122 Å². The van der Waals surface area contributed by atoms with Crippen LogP contribution < -0.4 is 15.4 Å². The predicted octanol–water partition coefficient (Wildman–Crippen LogP) is 3.95. The standard InChI is InChI=1S/C15H15FN2OS/c1-10-9-11(16)7-8-12(10)17-15(20)18-13-5-3-4-6-14(13)19-2/h3-9H,1-2H3,(H2,17,18,20). The van der Waals surface area contributed by atoms with Crippen molar-refractivity contribution in [1.82, 2.24) is 0 Å². The molecule has 0 fully saturated rings. The molecular formula is C15H15FN2OS. The zero-order valence-corrected chi connectivity index (χ0v) is 12.1. The molecule has 104 valence electrons. The summed E-state index contributed by atoms with van der Waals surface area (Å²) in [4.78, 5) is 0. The number of hydrogen-bond donors (Lipinski definition) is 2. The fourth-order valence-electron chi connectivity index (χ4n) is 1.79. The van der Waals surface area contributed by atoms with Crippen molar-refractivity contribution in [2.45, 2.75) is 6.92 Å². The van der Waals surface area contributed by atoms with E-state index < -0.39 is 0 Å². The monoisotopic (exact) mass is 290 g/mol. The summed E-state index contributed by atoms with van der Waals surface area (Å²) < 4.78 is 18.3. The molecule has 0 atom stereocenters. The Morgan fingerprint density at radius 2 is 1.80 bits per heavy atom. The maximum absolute atomic E-state index is 13.0. The summed E-state index contributed by atoms with van der Waals surface area (Å²) in [5.41, 5.74) is 2.32. The third-order valence-corrected chi connectivity index (χ3v) is 3.00. The number of para-hydroxylation sites is 2. The van der Waals surface area contributed by atoms with Crippen LogP contribution in [0.3, 0.4) is 0 Å². The number of thiocarbonyl (C=S) groups is 1. The van der Waals surface area contributed by atoms with Gasteiger partial charge in [0.15, 0.2) is 5.11 Å². The van der Waals surface area contributed by atoms with Gasteiger partial charge >= 0.3 is 0 Å². The van der Waals surface area contributed by atoms with E-state index in [1.807, 2.05) is 31.2 Å². The van der Waals surface area contributed by atoms with Gasteiger partial charge in [0.1, 0.15) is 11.6 Å². The molecule has 2 N–H and O–H groups in total. The van der Waals surface area contributed by atoms with Crippen LogP contribution in [-0.2, 0) is 0 Å². The smallest absolute Gasteiger partial charge is 0.175 e. The normalized spacial score (nSPS) is 9.95. The summed E-state index contributed by atoms with van der Waals surface area (Å²) in [6, 6.07) is 12.0. The van der Waals surface area contributed by atoms with Crippen molar-refractivity contribution < 1.29 is 9.13 Å². The van der Waals surface area contributed by atoms with E-state index in [1.165, 1.54) is 12.1 Å². The summed E-state index contributed by atoms with van der Waals surface area (Å²) in [6.07, 6.45) is 0. The topological polar surface area (TPSA) is 33.3 Å². The van der Waals surface area contributed by atoms with Crippen LogP contribution in [0.25, 0.3) is 0 Å². The van der Waals surface area contributed by atoms with Crippen molar-refractivity contribution in [3.05, 3.63) is 53.8 Å². The molecule has 0 aliphatic heterocycles. The van der Waals surface area contributed by atoms with E-state index in [-0.39, 0.29) is 5.82 Å². The molecule has 0 spiro atoms. The lowest BCUT2D eigenvalue weighted by Gasteiger charge is -2.14. The summed E-state index contributed by atoms with van der Waals surface area (Å²) in [5, 5.41) is 6.51. The number of ether oxygens (including phenoxy) is 1. The van der Waals surface area contributed by atoms with Crippen LogP contribution in [-0.4, -0.2) is 12.2 Å². The van der Waals surface area contributed by atoms with E-state index in [4.69, 9.17) is 17.0 Å². The van der Waals surface area contributed by atoms with E-state index in [0.29, 0.717) is 10.9 Å². The van der Waals surface area contributed by atoms with Crippen molar-refractivity contribution >= 4 is 28.7 Å². The Hall–Kier alpha value is -2.14. The van der Waals surface area contributed by atoms with Crippen LogP contribution in [0.4, 0.5) is 15.8 Å². The molecule has 20 heavy (non-hydrogen) atoms. The summed E-state index contributed by atoms with van der Waals surface area (Å²) in [6.45, 7) is 1.82. The number of aryl methyl sites for hydroxylation is 1. The number of anilines is 2. The van der Waals surface area contributed by atoms with E-state index >= 15 is 0 Å². The molecular weight excluding hydrogens is 275 g/mol. The fourth-order valence-corrected chi connectivity index (χ4v) is 2.01. The van der Waals surface area contributed by atoms with Crippen molar-refractivity contribution in [2.24, 2.45) is 0 Å². The third-order valence-electron chi connectivity index (χ3n) is 2.79. The second-order valence-electron chi connectivity index (χ2n) is 4.24. The molecule has 0 bridgehead atoms. The van der Waals surface area contributed by atoms with Gasteiger partial charge in [-0.25, -0.2) is 4.39 Å². The minimum Gasteiger partial charge on any atom is -0.495 e.